The molecule has 0 saturated heterocycles. The van der Waals surface area contributed by atoms with Crippen LogP contribution in [-0.2, 0) is 4.79 Å². The zero-order valence-electron chi connectivity index (χ0n) is 15.5. The van der Waals surface area contributed by atoms with E-state index in [1.54, 1.807) is 12.3 Å². The quantitative estimate of drug-likeness (QED) is 0.615. The Morgan fingerprint density at radius 3 is 2.37 bits per heavy atom. The lowest BCUT2D eigenvalue weighted by Crippen LogP contribution is -2.08. The molecule has 1 amide bonds. The van der Waals surface area contributed by atoms with Crippen molar-refractivity contribution in [2.45, 2.75) is 6.92 Å². The van der Waals surface area contributed by atoms with Gasteiger partial charge in [-0.05, 0) is 48.5 Å². The fourth-order valence-electron chi connectivity index (χ4n) is 2.49. The maximum absolute atomic E-state index is 11.2. The summed E-state index contributed by atoms with van der Waals surface area (Å²) < 4.78 is 0. The third-order valence-electron chi connectivity index (χ3n) is 3.75. The Kier molecular flexibility index (Phi) is 5.51. The lowest BCUT2D eigenvalue weighted by molar-refractivity contribution is -0.114. The molecule has 7 nitrogen and oxygen atoms in total. The topological polar surface area (TPSA) is 82.2 Å². The molecule has 0 aliphatic carbocycles. The van der Waals surface area contributed by atoms with E-state index in [0.29, 0.717) is 17.5 Å². The molecule has 1 aromatic heterocycles. The number of nitrogens with zero attached hydrogens (tertiary/aromatic N) is 3. The normalized spacial score (nSPS) is 10.2. The molecule has 0 spiro atoms. The van der Waals surface area contributed by atoms with E-state index >= 15 is 0 Å². The maximum Gasteiger partial charge on any atom is 0.229 e. The highest BCUT2D eigenvalue weighted by Gasteiger charge is 2.03. The number of rotatable bonds is 6. The molecule has 1 heterocycles. The summed E-state index contributed by atoms with van der Waals surface area (Å²) in [6.07, 6.45) is 1.68. The van der Waals surface area contributed by atoms with Gasteiger partial charge in [0, 0.05) is 50.0 Å². The van der Waals surface area contributed by atoms with Crippen molar-refractivity contribution < 1.29 is 4.79 Å². The van der Waals surface area contributed by atoms with Crippen LogP contribution in [-0.4, -0.2) is 30.0 Å². The van der Waals surface area contributed by atoms with Gasteiger partial charge in [0.25, 0.3) is 0 Å². The van der Waals surface area contributed by atoms with E-state index in [-0.39, 0.29) is 5.91 Å². The minimum atomic E-state index is -0.116. The summed E-state index contributed by atoms with van der Waals surface area (Å²) in [6.45, 7) is 1.48. The Morgan fingerprint density at radius 1 is 0.926 bits per heavy atom. The van der Waals surface area contributed by atoms with Gasteiger partial charge in [-0.3, -0.25) is 4.79 Å². The average Bonchev–Trinajstić information content (AvgIpc) is 2.62. The predicted octanol–water partition coefficient (Wildman–Crippen LogP) is 3.99. The Labute approximate surface area is 158 Å². The van der Waals surface area contributed by atoms with Crippen LogP contribution in [0, 0.1) is 0 Å². The fourth-order valence-corrected chi connectivity index (χ4v) is 2.49. The molecule has 0 unspecified atom stereocenters. The second kappa shape index (κ2) is 8.18. The van der Waals surface area contributed by atoms with E-state index < -0.39 is 0 Å². The number of hydrogen-bond acceptors (Lipinski definition) is 6. The van der Waals surface area contributed by atoms with Gasteiger partial charge < -0.3 is 20.9 Å². The van der Waals surface area contributed by atoms with Crippen molar-refractivity contribution >= 4 is 40.4 Å². The molecule has 0 aliphatic heterocycles. The van der Waals surface area contributed by atoms with Crippen LogP contribution in [0.5, 0.6) is 0 Å². The maximum atomic E-state index is 11.2. The highest BCUT2D eigenvalue weighted by molar-refractivity contribution is 5.89. The molecule has 0 fully saturated rings. The highest BCUT2D eigenvalue weighted by Crippen LogP contribution is 2.21. The average molecular weight is 362 g/mol. The van der Waals surface area contributed by atoms with Crippen molar-refractivity contribution in [3.05, 3.63) is 60.8 Å². The first kappa shape index (κ1) is 18.2. The number of carbonyl (C=O) groups excluding carboxylic acids is 1. The molecule has 138 valence electrons. The summed E-state index contributed by atoms with van der Waals surface area (Å²) in [5.41, 5.74) is 3.57. The summed E-state index contributed by atoms with van der Waals surface area (Å²) >= 11 is 0. The monoisotopic (exact) mass is 362 g/mol. The van der Waals surface area contributed by atoms with Crippen LogP contribution in [0.4, 0.5) is 34.5 Å². The Hall–Kier alpha value is -3.61. The molecule has 0 radical (unpaired) electrons. The summed E-state index contributed by atoms with van der Waals surface area (Å²) in [6, 6.07) is 17.3. The lowest BCUT2D eigenvalue weighted by atomic mass is 10.2. The number of hydrogen-bond donors (Lipinski definition) is 3. The van der Waals surface area contributed by atoms with Crippen molar-refractivity contribution in [1.82, 2.24) is 9.97 Å². The molecular formula is C20H22N6O. The number of amides is 1. The Morgan fingerprint density at radius 2 is 1.67 bits per heavy atom. The van der Waals surface area contributed by atoms with E-state index in [0.717, 1.165) is 17.1 Å². The van der Waals surface area contributed by atoms with Gasteiger partial charge >= 0.3 is 0 Å². The number of aromatic nitrogens is 2. The van der Waals surface area contributed by atoms with Gasteiger partial charge in [0.1, 0.15) is 5.82 Å². The predicted molar refractivity (Wildman–Crippen MR) is 110 cm³/mol. The van der Waals surface area contributed by atoms with Crippen molar-refractivity contribution in [2.75, 3.05) is 34.9 Å². The van der Waals surface area contributed by atoms with Crippen molar-refractivity contribution in [2.24, 2.45) is 0 Å². The van der Waals surface area contributed by atoms with Crippen LogP contribution < -0.4 is 20.9 Å². The zero-order valence-corrected chi connectivity index (χ0v) is 15.5. The van der Waals surface area contributed by atoms with E-state index in [9.17, 15) is 4.79 Å². The third kappa shape index (κ3) is 5.18. The smallest absolute Gasteiger partial charge is 0.229 e. The molecule has 0 atom stereocenters. The van der Waals surface area contributed by atoms with E-state index in [1.165, 1.54) is 6.92 Å². The van der Waals surface area contributed by atoms with Gasteiger partial charge in [0.2, 0.25) is 11.9 Å². The highest BCUT2D eigenvalue weighted by atomic mass is 16.1. The summed E-state index contributed by atoms with van der Waals surface area (Å²) in [5.74, 6) is 1.03. The molecule has 0 bridgehead atoms. The molecule has 3 aromatic rings. The third-order valence-corrected chi connectivity index (χ3v) is 3.75. The van der Waals surface area contributed by atoms with Crippen LogP contribution in [0.25, 0.3) is 0 Å². The van der Waals surface area contributed by atoms with E-state index in [1.807, 2.05) is 67.5 Å². The fraction of sp³-hybridized carbons (Fsp3) is 0.150. The number of carbonyl (C=O) groups is 1. The van der Waals surface area contributed by atoms with Crippen LogP contribution in [0.15, 0.2) is 60.8 Å². The molecule has 27 heavy (non-hydrogen) atoms. The van der Waals surface area contributed by atoms with Crippen LogP contribution in [0.2, 0.25) is 0 Å². The van der Waals surface area contributed by atoms with Crippen molar-refractivity contribution in [1.29, 1.82) is 0 Å². The van der Waals surface area contributed by atoms with E-state index in [2.05, 4.69) is 25.9 Å². The minimum Gasteiger partial charge on any atom is -0.378 e. The van der Waals surface area contributed by atoms with Crippen LogP contribution in [0.3, 0.4) is 0 Å². The SMILES string of the molecule is CC(=O)Nc1cccc(Nc2nccc(Nc3ccc(N(C)C)cc3)n2)c1. The first-order chi connectivity index (χ1) is 13.0. The lowest BCUT2D eigenvalue weighted by Gasteiger charge is -2.13. The molecule has 2 aromatic carbocycles. The number of benzene rings is 2. The summed E-state index contributed by atoms with van der Waals surface area (Å²) in [5, 5.41) is 9.17. The molecular weight excluding hydrogens is 340 g/mol. The first-order valence-electron chi connectivity index (χ1n) is 8.52. The number of anilines is 6. The van der Waals surface area contributed by atoms with Gasteiger partial charge in [-0.2, -0.15) is 4.98 Å². The van der Waals surface area contributed by atoms with Gasteiger partial charge in [-0.25, -0.2) is 4.98 Å². The second-order valence-electron chi connectivity index (χ2n) is 6.22. The van der Waals surface area contributed by atoms with Crippen molar-refractivity contribution in [3.8, 4) is 0 Å². The van der Waals surface area contributed by atoms with Crippen molar-refractivity contribution in [3.63, 3.8) is 0 Å². The molecule has 3 rings (SSSR count). The second-order valence-corrected chi connectivity index (χ2v) is 6.22. The van der Waals surface area contributed by atoms with Gasteiger partial charge in [-0.15, -0.1) is 0 Å². The summed E-state index contributed by atoms with van der Waals surface area (Å²) in [4.78, 5) is 22.0. The standard InChI is InChI=1S/C20H22N6O/c1-14(27)22-16-5-4-6-17(13-16)24-20-21-12-11-19(25-20)23-15-7-9-18(10-8-15)26(2)3/h4-13H,1-3H3,(H,22,27)(H2,21,23,24,25). The zero-order chi connectivity index (χ0) is 19.2. The molecule has 7 heteroatoms. The van der Waals surface area contributed by atoms with Crippen LogP contribution >= 0.6 is 0 Å². The van der Waals surface area contributed by atoms with Crippen LogP contribution in [0.1, 0.15) is 6.92 Å². The largest absolute Gasteiger partial charge is 0.378 e. The Balaban J connectivity index is 1.71. The molecule has 3 N–H and O–H groups in total. The minimum absolute atomic E-state index is 0.116. The van der Waals surface area contributed by atoms with Gasteiger partial charge in [0.05, 0.1) is 0 Å². The van der Waals surface area contributed by atoms with Gasteiger partial charge in [-0.1, -0.05) is 6.07 Å². The molecule has 0 saturated carbocycles. The number of nitrogens with one attached hydrogen (secondary N) is 3. The van der Waals surface area contributed by atoms with Gasteiger partial charge in [0.15, 0.2) is 0 Å². The summed E-state index contributed by atoms with van der Waals surface area (Å²) in [7, 11) is 4.01. The van der Waals surface area contributed by atoms with E-state index in [4.69, 9.17) is 0 Å². The Bertz CT molecular complexity index is 924. The molecule has 0 aliphatic rings. The first-order valence-corrected chi connectivity index (χ1v) is 8.52.